The van der Waals surface area contributed by atoms with Crippen LogP contribution in [0.1, 0.15) is 21.5 Å². The highest BCUT2D eigenvalue weighted by molar-refractivity contribution is 6.09. The second kappa shape index (κ2) is 6.46. The molecule has 5 heteroatoms. The van der Waals surface area contributed by atoms with Gasteiger partial charge >= 0.3 is 0 Å². The van der Waals surface area contributed by atoms with Crippen molar-refractivity contribution in [3.05, 3.63) is 75.3 Å². The highest BCUT2D eigenvalue weighted by Gasteiger charge is 2.13. The predicted octanol–water partition coefficient (Wildman–Crippen LogP) is 2.17. The van der Waals surface area contributed by atoms with Gasteiger partial charge in [-0.25, -0.2) is 0 Å². The van der Waals surface area contributed by atoms with Crippen LogP contribution in [0, 0.1) is 22.0 Å². The van der Waals surface area contributed by atoms with E-state index in [-0.39, 0.29) is 23.6 Å². The molecule has 0 aliphatic carbocycles. The Kier molecular flexibility index (Phi) is 4.44. The van der Waals surface area contributed by atoms with Gasteiger partial charge in [-0.3, -0.25) is 14.9 Å². The van der Waals surface area contributed by atoms with Gasteiger partial charge in [0.05, 0.1) is 4.92 Å². The molecule has 2 aromatic carbocycles. The lowest BCUT2D eigenvalue weighted by Crippen LogP contribution is -2.02. The highest BCUT2D eigenvalue weighted by Crippen LogP contribution is 2.17. The van der Waals surface area contributed by atoms with Gasteiger partial charge < -0.3 is 5.11 Å². The van der Waals surface area contributed by atoms with Gasteiger partial charge in [0.1, 0.15) is 6.61 Å². The van der Waals surface area contributed by atoms with Crippen molar-refractivity contribution < 1.29 is 14.8 Å². The van der Waals surface area contributed by atoms with Crippen LogP contribution in [0.25, 0.3) is 0 Å². The van der Waals surface area contributed by atoms with E-state index in [4.69, 9.17) is 5.11 Å². The molecule has 0 saturated heterocycles. The van der Waals surface area contributed by atoms with E-state index in [1.165, 1.54) is 24.3 Å². The zero-order valence-electron chi connectivity index (χ0n) is 10.9. The van der Waals surface area contributed by atoms with Gasteiger partial charge in [0.2, 0.25) is 0 Å². The summed E-state index contributed by atoms with van der Waals surface area (Å²) < 4.78 is 0. The lowest BCUT2D eigenvalue weighted by Gasteiger charge is -2.02. The molecule has 5 nitrogen and oxygen atoms in total. The van der Waals surface area contributed by atoms with E-state index in [0.717, 1.165) is 0 Å². The Morgan fingerprint density at radius 1 is 1.14 bits per heavy atom. The average Bonchev–Trinajstić information content (AvgIpc) is 2.52. The SMILES string of the molecule is O=C(c1cccc(C#CCO)c1)c1cccc([N+](=O)[O-])c1. The first-order valence-electron chi connectivity index (χ1n) is 6.11. The number of aliphatic hydroxyl groups is 1. The third kappa shape index (κ3) is 3.53. The van der Waals surface area contributed by atoms with Gasteiger partial charge in [0, 0.05) is 28.8 Å². The number of hydrogen-bond acceptors (Lipinski definition) is 4. The van der Waals surface area contributed by atoms with Gasteiger partial charge in [0.15, 0.2) is 5.78 Å². The molecule has 0 atom stereocenters. The summed E-state index contributed by atoms with van der Waals surface area (Å²) in [5.41, 5.74) is 1.11. The van der Waals surface area contributed by atoms with Crippen LogP contribution in [0.3, 0.4) is 0 Å². The van der Waals surface area contributed by atoms with E-state index in [9.17, 15) is 14.9 Å². The molecule has 0 aliphatic heterocycles. The minimum absolute atomic E-state index is 0.128. The Hall–Kier alpha value is -2.97. The molecule has 0 saturated carbocycles. The number of non-ortho nitro benzene ring substituents is 1. The van der Waals surface area contributed by atoms with Gasteiger partial charge in [-0.05, 0) is 12.1 Å². The summed E-state index contributed by atoms with van der Waals surface area (Å²) in [6.45, 7) is -0.261. The molecule has 0 fully saturated rings. The molecular weight excluding hydrogens is 270 g/mol. The third-order valence-electron chi connectivity index (χ3n) is 2.76. The van der Waals surface area contributed by atoms with Gasteiger partial charge in [0.25, 0.3) is 5.69 Å². The first-order chi connectivity index (χ1) is 10.1. The van der Waals surface area contributed by atoms with Crippen molar-refractivity contribution in [3.8, 4) is 11.8 Å². The first kappa shape index (κ1) is 14.4. The summed E-state index contributed by atoms with van der Waals surface area (Å²) in [6.07, 6.45) is 0. The van der Waals surface area contributed by atoms with Crippen LogP contribution in [0.15, 0.2) is 48.5 Å². The number of hydrogen-bond donors (Lipinski definition) is 1. The zero-order chi connectivity index (χ0) is 15.2. The van der Waals surface area contributed by atoms with Crippen molar-refractivity contribution in [2.24, 2.45) is 0 Å². The normalized spacial score (nSPS) is 9.57. The van der Waals surface area contributed by atoms with Crippen molar-refractivity contribution in [2.75, 3.05) is 6.61 Å². The molecule has 2 rings (SSSR count). The maximum Gasteiger partial charge on any atom is 0.270 e. The van der Waals surface area contributed by atoms with E-state index in [0.29, 0.717) is 11.1 Å². The number of carbonyl (C=O) groups excluding carboxylic acids is 1. The average molecular weight is 281 g/mol. The zero-order valence-corrected chi connectivity index (χ0v) is 10.9. The molecular formula is C16H11NO4. The molecule has 1 N–H and O–H groups in total. The van der Waals surface area contributed by atoms with Crippen molar-refractivity contribution in [1.82, 2.24) is 0 Å². The van der Waals surface area contributed by atoms with Crippen molar-refractivity contribution in [1.29, 1.82) is 0 Å². The van der Waals surface area contributed by atoms with E-state index < -0.39 is 4.92 Å². The fourth-order valence-electron chi connectivity index (χ4n) is 1.81. The highest BCUT2D eigenvalue weighted by atomic mass is 16.6. The van der Waals surface area contributed by atoms with Crippen molar-refractivity contribution >= 4 is 11.5 Å². The fraction of sp³-hybridized carbons (Fsp3) is 0.0625. The minimum Gasteiger partial charge on any atom is -0.384 e. The van der Waals surface area contributed by atoms with Gasteiger partial charge in [-0.15, -0.1) is 0 Å². The molecule has 104 valence electrons. The number of nitro groups is 1. The van der Waals surface area contributed by atoms with Crippen molar-refractivity contribution in [3.63, 3.8) is 0 Å². The molecule has 0 heterocycles. The van der Waals surface area contributed by atoms with E-state index in [1.54, 1.807) is 24.3 Å². The topological polar surface area (TPSA) is 80.4 Å². The number of ketones is 1. The number of carbonyl (C=O) groups is 1. The second-order valence-electron chi connectivity index (χ2n) is 4.18. The van der Waals surface area contributed by atoms with Crippen LogP contribution in [0.4, 0.5) is 5.69 Å². The number of nitrogens with zero attached hydrogens (tertiary/aromatic N) is 1. The Morgan fingerprint density at radius 3 is 2.48 bits per heavy atom. The number of nitro benzene ring substituents is 1. The second-order valence-corrected chi connectivity index (χ2v) is 4.18. The number of benzene rings is 2. The molecule has 0 amide bonds. The van der Waals surface area contributed by atoms with Crippen LogP contribution in [0.5, 0.6) is 0 Å². The van der Waals surface area contributed by atoms with E-state index in [2.05, 4.69) is 11.8 Å². The molecule has 0 aliphatic rings. The Balaban J connectivity index is 2.36. The van der Waals surface area contributed by atoms with Gasteiger partial charge in [-0.1, -0.05) is 36.1 Å². The lowest BCUT2D eigenvalue weighted by atomic mass is 10.0. The molecule has 2 aromatic rings. The monoisotopic (exact) mass is 281 g/mol. The molecule has 0 aromatic heterocycles. The molecule has 0 bridgehead atoms. The molecule has 21 heavy (non-hydrogen) atoms. The smallest absolute Gasteiger partial charge is 0.270 e. The predicted molar refractivity (Wildman–Crippen MR) is 76.9 cm³/mol. The maximum atomic E-state index is 12.3. The van der Waals surface area contributed by atoms with Crippen LogP contribution in [0.2, 0.25) is 0 Å². The third-order valence-corrected chi connectivity index (χ3v) is 2.76. The summed E-state index contributed by atoms with van der Waals surface area (Å²) in [5, 5.41) is 19.4. The number of aliphatic hydroxyl groups excluding tert-OH is 1. The molecule has 0 spiro atoms. The standard InChI is InChI=1S/C16H11NO4/c18-9-3-5-12-4-1-6-13(10-12)16(19)14-7-2-8-15(11-14)17(20)21/h1-2,4,6-8,10-11,18H,9H2. The summed E-state index contributed by atoms with van der Waals surface area (Å²) >= 11 is 0. The van der Waals surface area contributed by atoms with Crippen LogP contribution < -0.4 is 0 Å². The van der Waals surface area contributed by atoms with Crippen LogP contribution >= 0.6 is 0 Å². The maximum absolute atomic E-state index is 12.3. The molecule has 0 radical (unpaired) electrons. The lowest BCUT2D eigenvalue weighted by molar-refractivity contribution is -0.384. The summed E-state index contributed by atoms with van der Waals surface area (Å²) in [6, 6.07) is 12.2. The minimum atomic E-state index is -0.542. The quantitative estimate of drug-likeness (QED) is 0.404. The Morgan fingerprint density at radius 2 is 1.81 bits per heavy atom. The summed E-state index contributed by atoms with van der Waals surface area (Å²) in [7, 11) is 0. The van der Waals surface area contributed by atoms with E-state index in [1.807, 2.05) is 0 Å². The van der Waals surface area contributed by atoms with Crippen LogP contribution in [-0.2, 0) is 0 Å². The van der Waals surface area contributed by atoms with Gasteiger partial charge in [-0.2, -0.15) is 0 Å². The number of rotatable bonds is 3. The Labute approximate surface area is 121 Å². The van der Waals surface area contributed by atoms with E-state index >= 15 is 0 Å². The molecule has 0 unspecified atom stereocenters. The fourth-order valence-corrected chi connectivity index (χ4v) is 1.81. The first-order valence-corrected chi connectivity index (χ1v) is 6.11. The largest absolute Gasteiger partial charge is 0.384 e. The summed E-state index contributed by atoms with van der Waals surface area (Å²) in [4.78, 5) is 22.5. The van der Waals surface area contributed by atoms with Crippen molar-refractivity contribution in [2.45, 2.75) is 0 Å². The van der Waals surface area contributed by atoms with Crippen LogP contribution in [-0.4, -0.2) is 22.4 Å². The summed E-state index contributed by atoms with van der Waals surface area (Å²) in [5.74, 6) is 4.90. The Bertz CT molecular complexity index is 756.